The van der Waals surface area contributed by atoms with Gasteiger partial charge in [0, 0.05) is 18.5 Å². The maximum absolute atomic E-state index is 11.7. The maximum atomic E-state index is 11.7. The molecule has 120 valence electrons. The highest BCUT2D eigenvalue weighted by molar-refractivity contribution is 5.81. The number of nitrogens with one attached hydrogen (secondary N) is 1. The van der Waals surface area contributed by atoms with E-state index in [-0.39, 0.29) is 25.0 Å². The first kappa shape index (κ1) is 16.1. The molecule has 2 rings (SSSR count). The summed E-state index contributed by atoms with van der Waals surface area (Å²) < 4.78 is 15.3. The first-order valence-corrected chi connectivity index (χ1v) is 7.27. The van der Waals surface area contributed by atoms with Gasteiger partial charge in [0.1, 0.15) is 11.5 Å². The Kier molecular flexibility index (Phi) is 5.63. The Morgan fingerprint density at radius 2 is 1.77 bits per heavy atom. The van der Waals surface area contributed by atoms with E-state index in [1.54, 1.807) is 20.3 Å². The molecule has 6 heteroatoms. The van der Waals surface area contributed by atoms with Gasteiger partial charge in [-0.05, 0) is 37.0 Å². The predicted molar refractivity (Wildman–Crippen MR) is 80.0 cm³/mol. The van der Waals surface area contributed by atoms with Crippen molar-refractivity contribution in [3.05, 3.63) is 23.8 Å². The van der Waals surface area contributed by atoms with Crippen LogP contribution in [0.5, 0.6) is 11.5 Å². The Balaban J connectivity index is 1.76. The van der Waals surface area contributed by atoms with E-state index in [4.69, 9.17) is 14.2 Å². The molecule has 6 nitrogen and oxygen atoms in total. The molecule has 1 aliphatic carbocycles. The second-order valence-corrected chi connectivity index (χ2v) is 5.22. The molecule has 1 fully saturated rings. The molecule has 1 amide bonds. The molecule has 0 saturated heterocycles. The van der Waals surface area contributed by atoms with Crippen LogP contribution in [0.15, 0.2) is 18.2 Å². The topological polar surface area (TPSA) is 73.9 Å². The average Bonchev–Trinajstić information content (AvgIpc) is 3.34. The fourth-order valence-electron chi connectivity index (χ4n) is 1.97. The van der Waals surface area contributed by atoms with Crippen LogP contribution in [0.4, 0.5) is 0 Å². The van der Waals surface area contributed by atoms with Gasteiger partial charge in [-0.1, -0.05) is 0 Å². The van der Waals surface area contributed by atoms with E-state index < -0.39 is 5.97 Å². The first-order valence-electron chi connectivity index (χ1n) is 7.27. The molecule has 0 heterocycles. The number of hydrogen-bond acceptors (Lipinski definition) is 5. The van der Waals surface area contributed by atoms with E-state index in [1.165, 1.54) is 0 Å². The van der Waals surface area contributed by atoms with Gasteiger partial charge in [0.05, 0.1) is 14.2 Å². The number of aryl methyl sites for hydroxylation is 1. The Hall–Kier alpha value is -2.24. The number of amides is 1. The summed E-state index contributed by atoms with van der Waals surface area (Å²) in [5.41, 5.74) is 0.913. The molecule has 0 radical (unpaired) electrons. The number of carbonyl (C=O) groups is 2. The summed E-state index contributed by atoms with van der Waals surface area (Å²) in [7, 11) is 3.15. The van der Waals surface area contributed by atoms with Gasteiger partial charge in [0.2, 0.25) is 0 Å². The summed E-state index contributed by atoms with van der Waals surface area (Å²) in [4.78, 5) is 23.1. The summed E-state index contributed by atoms with van der Waals surface area (Å²) >= 11 is 0. The molecule has 0 aliphatic heterocycles. The van der Waals surface area contributed by atoms with Gasteiger partial charge in [-0.15, -0.1) is 0 Å². The second-order valence-electron chi connectivity index (χ2n) is 5.22. The number of ether oxygens (including phenoxy) is 3. The summed E-state index contributed by atoms with van der Waals surface area (Å²) in [6.45, 7) is -0.212. The lowest BCUT2D eigenvalue weighted by Crippen LogP contribution is -2.30. The van der Waals surface area contributed by atoms with Crippen LogP contribution in [-0.2, 0) is 20.7 Å². The van der Waals surface area contributed by atoms with Gasteiger partial charge < -0.3 is 19.5 Å². The third-order valence-electron chi connectivity index (χ3n) is 3.34. The molecule has 0 atom stereocenters. The number of esters is 1. The number of hydrogen-bond donors (Lipinski definition) is 1. The van der Waals surface area contributed by atoms with Gasteiger partial charge in [0.15, 0.2) is 6.61 Å². The fraction of sp³-hybridized carbons (Fsp3) is 0.500. The zero-order valence-electron chi connectivity index (χ0n) is 12.9. The van der Waals surface area contributed by atoms with Crippen molar-refractivity contribution < 1.29 is 23.8 Å². The lowest BCUT2D eigenvalue weighted by molar-refractivity contribution is -0.148. The first-order chi connectivity index (χ1) is 10.6. The smallest absolute Gasteiger partial charge is 0.306 e. The lowest BCUT2D eigenvalue weighted by atomic mass is 10.1. The van der Waals surface area contributed by atoms with E-state index in [0.29, 0.717) is 17.9 Å². The standard InChI is InChI=1S/C16H21NO5/c1-20-13-7-11(8-14(9-13)21-2)3-6-16(19)22-10-15(18)17-12-4-5-12/h7-9,12H,3-6,10H2,1-2H3,(H,17,18). The minimum Gasteiger partial charge on any atom is -0.497 e. The van der Waals surface area contributed by atoms with Crippen LogP contribution < -0.4 is 14.8 Å². The monoisotopic (exact) mass is 307 g/mol. The maximum Gasteiger partial charge on any atom is 0.306 e. The Morgan fingerprint density at radius 1 is 1.14 bits per heavy atom. The van der Waals surface area contributed by atoms with Crippen molar-refractivity contribution >= 4 is 11.9 Å². The Bertz CT molecular complexity index is 517. The molecule has 1 aliphatic rings. The molecule has 0 bridgehead atoms. The summed E-state index contributed by atoms with van der Waals surface area (Å²) in [5, 5.41) is 2.76. The average molecular weight is 307 g/mol. The molecular weight excluding hydrogens is 286 g/mol. The van der Waals surface area contributed by atoms with E-state index >= 15 is 0 Å². The van der Waals surface area contributed by atoms with Crippen LogP contribution in [0.25, 0.3) is 0 Å². The number of methoxy groups -OCH3 is 2. The van der Waals surface area contributed by atoms with Crippen molar-refractivity contribution in [2.45, 2.75) is 31.7 Å². The van der Waals surface area contributed by atoms with Crippen molar-refractivity contribution in [1.82, 2.24) is 5.32 Å². The van der Waals surface area contributed by atoms with Crippen molar-refractivity contribution in [2.75, 3.05) is 20.8 Å². The number of rotatable bonds is 8. The third kappa shape index (κ3) is 5.27. The molecule has 1 aromatic rings. The highest BCUT2D eigenvalue weighted by Crippen LogP contribution is 2.23. The van der Waals surface area contributed by atoms with Crippen LogP contribution >= 0.6 is 0 Å². The van der Waals surface area contributed by atoms with Crippen molar-refractivity contribution in [3.63, 3.8) is 0 Å². The molecule has 0 spiro atoms. The normalized spacial score (nSPS) is 13.4. The van der Waals surface area contributed by atoms with Crippen LogP contribution in [0.1, 0.15) is 24.8 Å². The largest absolute Gasteiger partial charge is 0.497 e. The van der Waals surface area contributed by atoms with Gasteiger partial charge >= 0.3 is 5.97 Å². The van der Waals surface area contributed by atoms with Crippen LogP contribution in [0.2, 0.25) is 0 Å². The lowest BCUT2D eigenvalue weighted by Gasteiger charge is -2.09. The van der Waals surface area contributed by atoms with Gasteiger partial charge in [-0.3, -0.25) is 9.59 Å². The minimum atomic E-state index is -0.396. The molecule has 1 aromatic carbocycles. The van der Waals surface area contributed by atoms with Crippen LogP contribution in [0.3, 0.4) is 0 Å². The molecular formula is C16H21NO5. The van der Waals surface area contributed by atoms with Crippen molar-refractivity contribution in [3.8, 4) is 11.5 Å². The van der Waals surface area contributed by atoms with Gasteiger partial charge in [-0.2, -0.15) is 0 Å². The zero-order valence-corrected chi connectivity index (χ0v) is 12.9. The van der Waals surface area contributed by atoms with Crippen LogP contribution in [-0.4, -0.2) is 38.7 Å². The summed E-state index contributed by atoms with van der Waals surface area (Å²) in [5.74, 6) is 0.713. The SMILES string of the molecule is COc1cc(CCC(=O)OCC(=O)NC2CC2)cc(OC)c1. The Morgan fingerprint density at radius 3 is 2.32 bits per heavy atom. The number of benzene rings is 1. The summed E-state index contributed by atoms with van der Waals surface area (Å²) in [6, 6.07) is 5.73. The van der Waals surface area contributed by atoms with E-state index in [1.807, 2.05) is 12.1 Å². The van der Waals surface area contributed by atoms with Crippen molar-refractivity contribution in [2.24, 2.45) is 0 Å². The van der Waals surface area contributed by atoms with Crippen molar-refractivity contribution in [1.29, 1.82) is 0 Å². The molecule has 22 heavy (non-hydrogen) atoms. The fourth-order valence-corrected chi connectivity index (χ4v) is 1.97. The highest BCUT2D eigenvalue weighted by atomic mass is 16.5. The second kappa shape index (κ2) is 7.68. The highest BCUT2D eigenvalue weighted by Gasteiger charge is 2.23. The van der Waals surface area contributed by atoms with Gasteiger partial charge in [-0.25, -0.2) is 0 Å². The molecule has 0 aromatic heterocycles. The van der Waals surface area contributed by atoms with Gasteiger partial charge in [0.25, 0.3) is 5.91 Å². The predicted octanol–water partition coefficient (Wildman–Crippen LogP) is 1.46. The summed E-state index contributed by atoms with van der Waals surface area (Å²) in [6.07, 6.45) is 2.72. The van der Waals surface area contributed by atoms with E-state index in [2.05, 4.69) is 5.32 Å². The Labute approximate surface area is 129 Å². The molecule has 0 unspecified atom stereocenters. The third-order valence-corrected chi connectivity index (χ3v) is 3.34. The molecule has 1 saturated carbocycles. The quantitative estimate of drug-likeness (QED) is 0.736. The molecule has 1 N–H and O–H groups in total. The zero-order chi connectivity index (χ0) is 15.9. The van der Waals surface area contributed by atoms with E-state index in [0.717, 1.165) is 18.4 Å². The minimum absolute atomic E-state index is 0.201. The number of carbonyl (C=O) groups excluding carboxylic acids is 2. The van der Waals surface area contributed by atoms with Crippen LogP contribution in [0, 0.1) is 0 Å². The van der Waals surface area contributed by atoms with E-state index in [9.17, 15) is 9.59 Å².